The molecule has 184 valence electrons. The van der Waals surface area contributed by atoms with Crippen LogP contribution in [0.4, 0.5) is 0 Å². The molecular formula is C30H36N2O3. The second-order valence-electron chi connectivity index (χ2n) is 8.80. The molecule has 0 aromatic heterocycles. The predicted octanol–water partition coefficient (Wildman–Crippen LogP) is 5.40. The molecule has 0 spiro atoms. The summed E-state index contributed by atoms with van der Waals surface area (Å²) >= 11 is 0. The van der Waals surface area contributed by atoms with Gasteiger partial charge in [0.05, 0.1) is 6.61 Å². The quantitative estimate of drug-likeness (QED) is 0.339. The number of nitrogens with zero attached hydrogens (tertiary/aromatic N) is 1. The maximum atomic E-state index is 13.5. The molecule has 0 heterocycles. The first-order valence-corrected chi connectivity index (χ1v) is 12.4. The van der Waals surface area contributed by atoms with Crippen molar-refractivity contribution in [1.29, 1.82) is 0 Å². The van der Waals surface area contributed by atoms with E-state index in [1.807, 2.05) is 105 Å². The highest BCUT2D eigenvalue weighted by Crippen LogP contribution is 2.17. The Morgan fingerprint density at radius 1 is 0.857 bits per heavy atom. The topological polar surface area (TPSA) is 58.6 Å². The summed E-state index contributed by atoms with van der Waals surface area (Å²) in [5.74, 6) is 0.620. The predicted molar refractivity (Wildman–Crippen MR) is 140 cm³/mol. The third kappa shape index (κ3) is 8.60. The fraction of sp³-hybridized carbons (Fsp3) is 0.333. The molecule has 2 amide bonds. The van der Waals surface area contributed by atoms with Gasteiger partial charge in [-0.1, -0.05) is 85.8 Å². The number of nitrogens with one attached hydrogen (secondary N) is 1. The molecule has 5 nitrogen and oxygen atoms in total. The fourth-order valence-electron chi connectivity index (χ4n) is 3.85. The minimum absolute atomic E-state index is 0.0359. The summed E-state index contributed by atoms with van der Waals surface area (Å²) < 4.78 is 5.78. The normalized spacial score (nSPS) is 12.4. The maximum absolute atomic E-state index is 13.5. The lowest BCUT2D eigenvalue weighted by Crippen LogP contribution is -2.52. The standard InChI is InChI=1S/C30H36N2O3/c1-3-24(2)31-30(34)28(22-25-14-7-4-8-15-25)32(23-26-16-9-5-10-17-26)29(33)20-13-21-35-27-18-11-6-12-19-27/h4-12,14-19,24,28H,3,13,20-23H2,1-2H3,(H,31,34)/t24-,28+/m0/s1. The average Bonchev–Trinajstić information content (AvgIpc) is 2.90. The molecule has 0 radical (unpaired) electrons. The van der Waals surface area contributed by atoms with Crippen LogP contribution >= 0.6 is 0 Å². The van der Waals surface area contributed by atoms with Gasteiger partial charge >= 0.3 is 0 Å². The highest BCUT2D eigenvalue weighted by molar-refractivity contribution is 5.88. The van der Waals surface area contributed by atoms with Gasteiger partial charge in [-0.2, -0.15) is 0 Å². The first-order valence-electron chi connectivity index (χ1n) is 12.4. The van der Waals surface area contributed by atoms with Crippen molar-refractivity contribution in [2.24, 2.45) is 0 Å². The van der Waals surface area contributed by atoms with E-state index in [-0.39, 0.29) is 17.9 Å². The van der Waals surface area contributed by atoms with Crippen LogP contribution in [0.2, 0.25) is 0 Å². The summed E-state index contributed by atoms with van der Waals surface area (Å²) in [6.07, 6.45) is 2.17. The lowest BCUT2D eigenvalue weighted by Gasteiger charge is -2.32. The molecular weight excluding hydrogens is 436 g/mol. The molecule has 0 saturated carbocycles. The van der Waals surface area contributed by atoms with Gasteiger partial charge in [0.2, 0.25) is 11.8 Å². The van der Waals surface area contributed by atoms with E-state index in [9.17, 15) is 9.59 Å². The third-order valence-electron chi connectivity index (χ3n) is 6.01. The molecule has 35 heavy (non-hydrogen) atoms. The molecule has 0 aliphatic heterocycles. The lowest BCUT2D eigenvalue weighted by atomic mass is 10.0. The number of rotatable bonds is 13. The number of carbonyl (C=O) groups excluding carboxylic acids is 2. The first-order chi connectivity index (χ1) is 17.1. The molecule has 0 saturated heterocycles. The van der Waals surface area contributed by atoms with E-state index in [0.29, 0.717) is 32.4 Å². The van der Waals surface area contributed by atoms with E-state index >= 15 is 0 Å². The van der Waals surface area contributed by atoms with Crippen molar-refractivity contribution in [3.05, 3.63) is 102 Å². The second kappa shape index (κ2) is 14.0. The van der Waals surface area contributed by atoms with Crippen molar-refractivity contribution in [3.63, 3.8) is 0 Å². The molecule has 5 heteroatoms. The van der Waals surface area contributed by atoms with Crippen molar-refractivity contribution >= 4 is 11.8 Å². The third-order valence-corrected chi connectivity index (χ3v) is 6.01. The molecule has 0 bridgehead atoms. The Morgan fingerprint density at radius 2 is 1.43 bits per heavy atom. The van der Waals surface area contributed by atoms with Gasteiger partial charge in [-0.15, -0.1) is 0 Å². The summed E-state index contributed by atoms with van der Waals surface area (Å²) in [5.41, 5.74) is 2.02. The van der Waals surface area contributed by atoms with E-state index in [2.05, 4.69) is 5.32 Å². The van der Waals surface area contributed by atoms with E-state index < -0.39 is 6.04 Å². The van der Waals surface area contributed by atoms with Crippen LogP contribution < -0.4 is 10.1 Å². The number of hydrogen-bond donors (Lipinski definition) is 1. The van der Waals surface area contributed by atoms with Gasteiger partial charge in [0.1, 0.15) is 11.8 Å². The zero-order chi connectivity index (χ0) is 24.9. The fourth-order valence-corrected chi connectivity index (χ4v) is 3.85. The second-order valence-corrected chi connectivity index (χ2v) is 8.80. The van der Waals surface area contributed by atoms with Gasteiger partial charge in [0.25, 0.3) is 0 Å². The molecule has 3 aromatic rings. The van der Waals surface area contributed by atoms with E-state index in [0.717, 1.165) is 23.3 Å². The van der Waals surface area contributed by atoms with Crippen LogP contribution in [-0.2, 0) is 22.6 Å². The molecule has 3 rings (SSSR count). The van der Waals surface area contributed by atoms with Gasteiger partial charge in [0, 0.05) is 25.4 Å². The monoisotopic (exact) mass is 472 g/mol. The summed E-state index contributed by atoms with van der Waals surface area (Å²) in [7, 11) is 0. The van der Waals surface area contributed by atoms with Crippen LogP contribution in [0.15, 0.2) is 91.0 Å². The minimum atomic E-state index is -0.603. The van der Waals surface area contributed by atoms with Crippen LogP contribution in [0.1, 0.15) is 44.2 Å². The molecule has 0 aliphatic rings. The van der Waals surface area contributed by atoms with Crippen LogP contribution in [0, 0.1) is 0 Å². The Hall–Kier alpha value is -3.60. The number of hydrogen-bond acceptors (Lipinski definition) is 3. The van der Waals surface area contributed by atoms with Gasteiger partial charge in [-0.05, 0) is 43.0 Å². The van der Waals surface area contributed by atoms with Crippen LogP contribution in [0.5, 0.6) is 5.75 Å². The summed E-state index contributed by atoms with van der Waals surface area (Å²) in [4.78, 5) is 28.7. The molecule has 0 unspecified atom stereocenters. The molecule has 0 fully saturated rings. The van der Waals surface area contributed by atoms with E-state index in [4.69, 9.17) is 4.74 Å². The minimum Gasteiger partial charge on any atom is -0.494 e. The highest BCUT2D eigenvalue weighted by atomic mass is 16.5. The smallest absolute Gasteiger partial charge is 0.243 e. The highest BCUT2D eigenvalue weighted by Gasteiger charge is 2.30. The van der Waals surface area contributed by atoms with E-state index in [1.165, 1.54) is 0 Å². The Bertz CT molecular complexity index is 1030. The van der Waals surface area contributed by atoms with Crippen LogP contribution in [-0.4, -0.2) is 35.4 Å². The number of ether oxygens (including phenoxy) is 1. The Kier molecular flexibility index (Phi) is 10.4. The van der Waals surface area contributed by atoms with Gasteiger partial charge in [-0.25, -0.2) is 0 Å². The van der Waals surface area contributed by atoms with Crippen molar-refractivity contribution in [2.75, 3.05) is 6.61 Å². The summed E-state index contributed by atoms with van der Waals surface area (Å²) in [5, 5.41) is 3.10. The molecule has 2 atom stereocenters. The van der Waals surface area contributed by atoms with Crippen molar-refractivity contribution in [3.8, 4) is 5.75 Å². The molecule has 0 aliphatic carbocycles. The number of amides is 2. The van der Waals surface area contributed by atoms with Crippen molar-refractivity contribution < 1.29 is 14.3 Å². The number of benzene rings is 3. The van der Waals surface area contributed by atoms with Gasteiger partial charge in [0.15, 0.2) is 0 Å². The SMILES string of the molecule is CC[C@H](C)NC(=O)[C@@H](Cc1ccccc1)N(Cc1ccccc1)C(=O)CCCOc1ccccc1. The van der Waals surface area contributed by atoms with Gasteiger partial charge in [-0.3, -0.25) is 9.59 Å². The average molecular weight is 473 g/mol. The summed E-state index contributed by atoms with van der Waals surface area (Å²) in [6.45, 7) is 4.85. The Morgan fingerprint density at radius 3 is 2.03 bits per heavy atom. The largest absolute Gasteiger partial charge is 0.494 e. The Balaban J connectivity index is 1.78. The van der Waals surface area contributed by atoms with Crippen molar-refractivity contribution in [1.82, 2.24) is 10.2 Å². The van der Waals surface area contributed by atoms with Crippen molar-refractivity contribution in [2.45, 2.75) is 58.2 Å². The van der Waals surface area contributed by atoms with E-state index in [1.54, 1.807) is 4.90 Å². The molecule has 3 aromatic carbocycles. The Labute approximate surface area is 209 Å². The number of para-hydroxylation sites is 1. The number of carbonyl (C=O) groups is 2. The zero-order valence-corrected chi connectivity index (χ0v) is 20.7. The molecule has 1 N–H and O–H groups in total. The van der Waals surface area contributed by atoms with Crippen LogP contribution in [0.25, 0.3) is 0 Å². The first kappa shape index (κ1) is 26.0. The maximum Gasteiger partial charge on any atom is 0.243 e. The summed E-state index contributed by atoms with van der Waals surface area (Å²) in [6, 6.07) is 28.7. The van der Waals surface area contributed by atoms with Crippen LogP contribution in [0.3, 0.4) is 0 Å². The van der Waals surface area contributed by atoms with Gasteiger partial charge < -0.3 is 15.0 Å². The lowest BCUT2D eigenvalue weighted by molar-refractivity contribution is -0.141. The zero-order valence-electron chi connectivity index (χ0n) is 20.7.